The fraction of sp³-hybridized carbons (Fsp3) is 0.500. The molecule has 6 nitrogen and oxygen atoms in total. The van der Waals surface area contributed by atoms with Crippen molar-refractivity contribution in [2.24, 2.45) is 0 Å². The van der Waals surface area contributed by atoms with Crippen LogP contribution in [0.25, 0.3) is 10.6 Å². The van der Waals surface area contributed by atoms with E-state index in [0.717, 1.165) is 16.0 Å². The minimum atomic E-state index is -0.386. The standard InChI is InChI=1S/C18H23BN2O4S/c1-6-23-15(22)11-14-20-21-16(26-14)12-7-9-13(10-8-12)19-24-17(2,3)18(4,5)25-19/h7-10H,6,11H2,1-5H3. The zero-order valence-corrected chi connectivity index (χ0v) is 16.6. The summed E-state index contributed by atoms with van der Waals surface area (Å²) in [6, 6.07) is 7.89. The molecule has 1 saturated heterocycles. The van der Waals surface area contributed by atoms with Gasteiger partial charge in [-0.1, -0.05) is 35.6 Å². The van der Waals surface area contributed by atoms with Crippen LogP contribution in [0, 0.1) is 0 Å². The Labute approximate surface area is 158 Å². The van der Waals surface area contributed by atoms with E-state index in [9.17, 15) is 4.79 Å². The van der Waals surface area contributed by atoms with Gasteiger partial charge in [0.2, 0.25) is 0 Å². The van der Waals surface area contributed by atoms with E-state index in [4.69, 9.17) is 14.0 Å². The summed E-state index contributed by atoms with van der Waals surface area (Å²) in [7, 11) is -0.386. The Balaban J connectivity index is 1.71. The van der Waals surface area contributed by atoms with Gasteiger partial charge in [0.15, 0.2) is 0 Å². The molecule has 1 aromatic carbocycles. The summed E-state index contributed by atoms with van der Waals surface area (Å²) in [5.41, 5.74) is 1.18. The van der Waals surface area contributed by atoms with E-state index in [1.165, 1.54) is 11.3 Å². The first-order chi connectivity index (χ1) is 12.2. The average Bonchev–Trinajstić information content (AvgIpc) is 3.10. The number of carbonyl (C=O) groups is 1. The molecule has 0 spiro atoms. The first kappa shape index (κ1) is 19.0. The van der Waals surface area contributed by atoms with Crippen LogP contribution in [0.1, 0.15) is 39.6 Å². The average molecular weight is 374 g/mol. The molecule has 0 atom stereocenters. The van der Waals surface area contributed by atoms with Gasteiger partial charge in [0, 0.05) is 5.56 Å². The molecular weight excluding hydrogens is 351 g/mol. The van der Waals surface area contributed by atoms with E-state index in [1.807, 2.05) is 52.0 Å². The van der Waals surface area contributed by atoms with Crippen LogP contribution in [-0.2, 0) is 25.3 Å². The monoisotopic (exact) mass is 374 g/mol. The highest BCUT2D eigenvalue weighted by Crippen LogP contribution is 2.36. The first-order valence-corrected chi connectivity index (χ1v) is 9.47. The summed E-state index contributed by atoms with van der Waals surface area (Å²) in [5, 5.41) is 9.66. The van der Waals surface area contributed by atoms with Crippen molar-refractivity contribution in [1.29, 1.82) is 0 Å². The molecule has 1 aliphatic rings. The summed E-state index contributed by atoms with van der Waals surface area (Å²) in [5.74, 6) is -0.286. The number of aromatic nitrogens is 2. The number of nitrogens with zero attached hydrogens (tertiary/aromatic N) is 2. The maximum atomic E-state index is 11.5. The van der Waals surface area contributed by atoms with Gasteiger partial charge in [-0.2, -0.15) is 0 Å². The van der Waals surface area contributed by atoms with E-state index in [1.54, 1.807) is 6.92 Å². The van der Waals surface area contributed by atoms with Gasteiger partial charge in [-0.3, -0.25) is 4.79 Å². The van der Waals surface area contributed by atoms with Crippen molar-refractivity contribution in [2.75, 3.05) is 6.61 Å². The molecule has 3 rings (SSSR count). The highest BCUT2D eigenvalue weighted by molar-refractivity contribution is 7.14. The van der Waals surface area contributed by atoms with Gasteiger partial charge >= 0.3 is 13.1 Å². The maximum absolute atomic E-state index is 11.5. The lowest BCUT2D eigenvalue weighted by atomic mass is 9.79. The van der Waals surface area contributed by atoms with Gasteiger partial charge in [0.05, 0.1) is 24.2 Å². The SMILES string of the molecule is CCOC(=O)Cc1nnc(-c2ccc(B3OC(C)(C)C(C)(C)O3)cc2)s1. The van der Waals surface area contributed by atoms with Crippen LogP contribution in [0.2, 0.25) is 0 Å². The van der Waals surface area contributed by atoms with E-state index in [2.05, 4.69) is 10.2 Å². The maximum Gasteiger partial charge on any atom is 0.494 e. The van der Waals surface area contributed by atoms with E-state index in [0.29, 0.717) is 11.6 Å². The topological polar surface area (TPSA) is 70.5 Å². The van der Waals surface area contributed by atoms with Crippen LogP contribution < -0.4 is 5.46 Å². The Hall–Kier alpha value is -1.77. The van der Waals surface area contributed by atoms with Crippen molar-refractivity contribution in [3.05, 3.63) is 29.3 Å². The minimum Gasteiger partial charge on any atom is -0.466 e. The van der Waals surface area contributed by atoms with Crippen LogP contribution in [0.15, 0.2) is 24.3 Å². The number of carbonyl (C=O) groups excluding carboxylic acids is 1. The fourth-order valence-electron chi connectivity index (χ4n) is 2.54. The number of benzene rings is 1. The van der Waals surface area contributed by atoms with Crippen molar-refractivity contribution >= 4 is 29.9 Å². The molecule has 2 aromatic rings. The summed E-state index contributed by atoms with van der Waals surface area (Å²) in [4.78, 5) is 11.5. The Morgan fingerprint density at radius 1 is 1.12 bits per heavy atom. The summed E-state index contributed by atoms with van der Waals surface area (Å²) < 4.78 is 17.1. The third kappa shape index (κ3) is 3.82. The lowest BCUT2D eigenvalue weighted by Gasteiger charge is -2.32. The third-order valence-electron chi connectivity index (χ3n) is 4.75. The molecule has 138 valence electrons. The van der Waals surface area contributed by atoms with E-state index < -0.39 is 0 Å². The van der Waals surface area contributed by atoms with E-state index in [-0.39, 0.29) is 30.7 Å². The Bertz CT molecular complexity index is 773. The Morgan fingerprint density at radius 2 is 1.73 bits per heavy atom. The van der Waals surface area contributed by atoms with Gasteiger partial charge in [0.25, 0.3) is 0 Å². The lowest BCUT2D eigenvalue weighted by Crippen LogP contribution is -2.41. The molecule has 0 bridgehead atoms. The molecule has 2 heterocycles. The van der Waals surface area contributed by atoms with Crippen molar-refractivity contribution in [3.8, 4) is 10.6 Å². The first-order valence-electron chi connectivity index (χ1n) is 8.66. The van der Waals surface area contributed by atoms with Gasteiger partial charge < -0.3 is 14.0 Å². The molecule has 0 radical (unpaired) electrons. The predicted octanol–water partition coefficient (Wildman–Crippen LogP) is 2.61. The van der Waals surface area contributed by atoms with Crippen LogP contribution in [0.3, 0.4) is 0 Å². The second kappa shape index (κ2) is 7.10. The van der Waals surface area contributed by atoms with Crippen LogP contribution >= 0.6 is 11.3 Å². The number of rotatable bonds is 5. The molecule has 1 fully saturated rings. The van der Waals surface area contributed by atoms with Gasteiger partial charge in [-0.05, 0) is 40.1 Å². The molecule has 0 unspecified atom stereocenters. The van der Waals surface area contributed by atoms with Crippen LogP contribution in [0.5, 0.6) is 0 Å². The molecule has 0 N–H and O–H groups in total. The van der Waals surface area contributed by atoms with Gasteiger partial charge in [0.1, 0.15) is 10.0 Å². The number of hydrogen-bond acceptors (Lipinski definition) is 7. The Kier molecular flexibility index (Phi) is 5.19. The number of hydrogen-bond donors (Lipinski definition) is 0. The van der Waals surface area contributed by atoms with Gasteiger partial charge in [-0.25, -0.2) is 0 Å². The third-order valence-corrected chi connectivity index (χ3v) is 5.72. The van der Waals surface area contributed by atoms with Crippen molar-refractivity contribution in [3.63, 3.8) is 0 Å². The molecule has 1 aliphatic heterocycles. The number of ether oxygens (including phenoxy) is 1. The van der Waals surface area contributed by atoms with Crippen LogP contribution in [-0.4, -0.2) is 41.1 Å². The molecular formula is C18H23BN2O4S. The van der Waals surface area contributed by atoms with Crippen LogP contribution in [0.4, 0.5) is 0 Å². The summed E-state index contributed by atoms with van der Waals surface area (Å²) >= 11 is 1.39. The normalized spacial score (nSPS) is 18.1. The van der Waals surface area contributed by atoms with Crippen molar-refractivity contribution in [2.45, 2.75) is 52.2 Å². The van der Waals surface area contributed by atoms with Crippen molar-refractivity contribution < 1.29 is 18.8 Å². The van der Waals surface area contributed by atoms with Gasteiger partial charge in [-0.15, -0.1) is 10.2 Å². The predicted molar refractivity (Wildman–Crippen MR) is 101 cm³/mol. The highest BCUT2D eigenvalue weighted by atomic mass is 32.1. The highest BCUT2D eigenvalue weighted by Gasteiger charge is 2.51. The molecule has 26 heavy (non-hydrogen) atoms. The zero-order chi connectivity index (χ0) is 18.9. The molecule has 0 amide bonds. The Morgan fingerprint density at radius 3 is 2.31 bits per heavy atom. The fourth-order valence-corrected chi connectivity index (χ4v) is 3.37. The lowest BCUT2D eigenvalue weighted by molar-refractivity contribution is -0.142. The molecule has 8 heteroatoms. The zero-order valence-electron chi connectivity index (χ0n) is 15.7. The van der Waals surface area contributed by atoms with Crippen molar-refractivity contribution in [1.82, 2.24) is 10.2 Å². The molecule has 0 saturated carbocycles. The smallest absolute Gasteiger partial charge is 0.466 e. The van der Waals surface area contributed by atoms with E-state index >= 15 is 0 Å². The second-order valence-electron chi connectivity index (χ2n) is 7.19. The largest absolute Gasteiger partial charge is 0.494 e. The summed E-state index contributed by atoms with van der Waals surface area (Å²) in [6.45, 7) is 10.3. The molecule has 0 aliphatic carbocycles. The second-order valence-corrected chi connectivity index (χ2v) is 8.26. The minimum absolute atomic E-state index is 0.150. The number of esters is 1. The summed E-state index contributed by atoms with van der Waals surface area (Å²) in [6.07, 6.45) is 0.150. The quantitative estimate of drug-likeness (QED) is 0.592. The molecule has 1 aromatic heterocycles.